The Morgan fingerprint density at radius 2 is 1.08 bits per heavy atom. The molecule has 0 radical (unpaired) electrons. The first-order chi connectivity index (χ1) is 23.2. The summed E-state index contributed by atoms with van der Waals surface area (Å²) in [6.07, 6.45) is 3.55. The highest BCUT2D eigenvalue weighted by Crippen LogP contribution is 2.36. The SMILES string of the molecule is CC1=CC(=O)C(C(C)(C)CC(=O)NCCCN(CCCCN(CCCCC(=O)OC(C)(C)C)C(=O)OC(C)(C)C)C(=O)OC(C)(C)C)=C(C)C1=O. The van der Waals surface area contributed by atoms with Crippen LogP contribution < -0.4 is 5.32 Å². The number of hydrogen-bond donors (Lipinski definition) is 1. The van der Waals surface area contributed by atoms with Gasteiger partial charge < -0.3 is 29.3 Å². The molecule has 0 aromatic carbocycles. The van der Waals surface area contributed by atoms with E-state index in [9.17, 15) is 28.8 Å². The molecule has 0 heterocycles. The Morgan fingerprint density at radius 1 is 0.647 bits per heavy atom. The number of hydrogen-bond acceptors (Lipinski definition) is 9. The fraction of sp³-hybridized carbons (Fsp3) is 0.744. The summed E-state index contributed by atoms with van der Waals surface area (Å²) in [7, 11) is 0. The van der Waals surface area contributed by atoms with Crippen molar-refractivity contribution >= 4 is 35.6 Å². The highest BCUT2D eigenvalue weighted by atomic mass is 16.6. The van der Waals surface area contributed by atoms with Crippen molar-refractivity contribution in [2.45, 2.75) is 152 Å². The molecule has 1 aliphatic rings. The minimum Gasteiger partial charge on any atom is -0.460 e. The Hall–Kier alpha value is -3.70. The van der Waals surface area contributed by atoms with Gasteiger partial charge in [-0.25, -0.2) is 9.59 Å². The molecular formula is C39H65N3O9. The number of amides is 3. The van der Waals surface area contributed by atoms with Crippen molar-refractivity contribution in [1.82, 2.24) is 15.1 Å². The molecule has 12 heteroatoms. The van der Waals surface area contributed by atoms with Crippen LogP contribution in [0.1, 0.15) is 135 Å². The zero-order chi connectivity index (χ0) is 39.4. The van der Waals surface area contributed by atoms with Crippen LogP contribution in [0.25, 0.3) is 0 Å². The van der Waals surface area contributed by atoms with Crippen molar-refractivity contribution in [2.24, 2.45) is 5.41 Å². The smallest absolute Gasteiger partial charge is 0.410 e. The second-order valence-electron chi connectivity index (χ2n) is 17.0. The van der Waals surface area contributed by atoms with Crippen LogP contribution in [0.2, 0.25) is 0 Å². The lowest BCUT2D eigenvalue weighted by atomic mass is 9.73. The highest BCUT2D eigenvalue weighted by molar-refractivity contribution is 6.22. The summed E-state index contributed by atoms with van der Waals surface area (Å²) in [6, 6.07) is 0. The number of ketones is 2. The summed E-state index contributed by atoms with van der Waals surface area (Å²) >= 11 is 0. The molecule has 1 aliphatic carbocycles. The fourth-order valence-corrected chi connectivity index (χ4v) is 5.63. The average molecular weight is 720 g/mol. The molecule has 290 valence electrons. The van der Waals surface area contributed by atoms with Gasteiger partial charge in [-0.1, -0.05) is 13.8 Å². The molecule has 0 bridgehead atoms. The molecule has 0 saturated heterocycles. The second-order valence-corrected chi connectivity index (χ2v) is 17.0. The van der Waals surface area contributed by atoms with E-state index < -0.39 is 34.4 Å². The number of carbonyl (C=O) groups is 6. The molecule has 1 N–H and O–H groups in total. The van der Waals surface area contributed by atoms with Gasteiger partial charge in [0.05, 0.1) is 0 Å². The van der Waals surface area contributed by atoms with E-state index in [4.69, 9.17) is 14.2 Å². The molecule has 0 fully saturated rings. The van der Waals surface area contributed by atoms with Crippen molar-refractivity contribution < 1.29 is 43.0 Å². The number of Topliss-reactive ketones (excluding diaryl/α,β-unsaturated/α-hetero) is 1. The predicted molar refractivity (Wildman–Crippen MR) is 197 cm³/mol. The lowest BCUT2D eigenvalue weighted by Gasteiger charge is -2.30. The van der Waals surface area contributed by atoms with E-state index in [0.29, 0.717) is 81.5 Å². The first-order valence-electron chi connectivity index (χ1n) is 18.2. The first-order valence-corrected chi connectivity index (χ1v) is 18.2. The summed E-state index contributed by atoms with van der Waals surface area (Å²) in [6.45, 7) is 24.9. The van der Waals surface area contributed by atoms with E-state index in [0.717, 1.165) is 0 Å². The maximum absolute atomic E-state index is 13.1. The molecule has 0 atom stereocenters. The van der Waals surface area contributed by atoms with Crippen molar-refractivity contribution in [1.29, 1.82) is 0 Å². The summed E-state index contributed by atoms with van der Waals surface area (Å²) < 4.78 is 16.6. The van der Waals surface area contributed by atoms with Gasteiger partial charge in [0.15, 0.2) is 11.6 Å². The van der Waals surface area contributed by atoms with Crippen LogP contribution in [-0.4, -0.2) is 95.0 Å². The van der Waals surface area contributed by atoms with E-state index >= 15 is 0 Å². The predicted octanol–water partition coefficient (Wildman–Crippen LogP) is 7.09. The van der Waals surface area contributed by atoms with Crippen LogP contribution in [0, 0.1) is 5.41 Å². The van der Waals surface area contributed by atoms with Gasteiger partial charge in [-0.15, -0.1) is 0 Å². The van der Waals surface area contributed by atoms with Crippen molar-refractivity contribution in [2.75, 3.05) is 32.7 Å². The van der Waals surface area contributed by atoms with Crippen LogP contribution in [-0.2, 0) is 33.4 Å². The molecule has 3 amide bonds. The van der Waals surface area contributed by atoms with Gasteiger partial charge in [0, 0.05) is 67.7 Å². The topological polar surface area (TPSA) is 149 Å². The molecular weight excluding hydrogens is 654 g/mol. The quantitative estimate of drug-likeness (QED) is 0.0720. The average Bonchev–Trinajstić information content (AvgIpc) is 2.92. The standard InChI is InChI=1S/C39H65N3O9/c1-27-25-29(43)32(28(2)33(27)46)39(12,13)26-30(44)40-20-18-24-42(35(48)51-38(9,10)11)23-17-16-22-41(34(47)50-37(6,7)8)21-15-14-19-31(45)49-36(3,4)5/h25H,14-24,26H2,1-13H3,(H,40,44). The van der Waals surface area contributed by atoms with Crippen LogP contribution in [0.3, 0.4) is 0 Å². The zero-order valence-corrected chi connectivity index (χ0v) is 33.6. The van der Waals surface area contributed by atoms with Crippen molar-refractivity contribution in [3.8, 4) is 0 Å². The lowest BCUT2D eigenvalue weighted by molar-refractivity contribution is -0.155. The number of ether oxygens (including phenoxy) is 3. The molecule has 0 saturated carbocycles. The monoisotopic (exact) mass is 719 g/mol. The van der Waals surface area contributed by atoms with Crippen LogP contribution in [0.4, 0.5) is 9.59 Å². The number of nitrogens with zero attached hydrogens (tertiary/aromatic N) is 2. The Balaban J connectivity index is 2.77. The molecule has 1 rings (SSSR count). The van der Waals surface area contributed by atoms with Gasteiger partial charge in [-0.3, -0.25) is 19.2 Å². The number of allylic oxidation sites excluding steroid dienone is 4. The molecule has 0 aromatic rings. The van der Waals surface area contributed by atoms with E-state index in [-0.39, 0.29) is 36.3 Å². The molecule has 51 heavy (non-hydrogen) atoms. The first kappa shape index (κ1) is 45.3. The number of nitrogens with one attached hydrogen (secondary N) is 1. The van der Waals surface area contributed by atoms with Crippen molar-refractivity contribution in [3.63, 3.8) is 0 Å². The van der Waals surface area contributed by atoms with Crippen LogP contribution in [0.5, 0.6) is 0 Å². The highest BCUT2D eigenvalue weighted by Gasteiger charge is 2.36. The molecule has 0 unspecified atom stereocenters. The minimum atomic E-state index is -0.841. The van der Waals surface area contributed by atoms with E-state index in [2.05, 4.69) is 5.32 Å². The maximum atomic E-state index is 13.1. The summed E-state index contributed by atoms with van der Waals surface area (Å²) in [5.41, 5.74) is -1.62. The van der Waals surface area contributed by atoms with Crippen LogP contribution in [0.15, 0.2) is 22.8 Å². The van der Waals surface area contributed by atoms with Crippen LogP contribution >= 0.6 is 0 Å². The van der Waals surface area contributed by atoms with E-state index in [1.54, 1.807) is 58.3 Å². The third-order valence-electron chi connectivity index (χ3n) is 7.76. The van der Waals surface area contributed by atoms with E-state index in [1.165, 1.54) is 6.08 Å². The lowest BCUT2D eigenvalue weighted by Crippen LogP contribution is -2.40. The van der Waals surface area contributed by atoms with Gasteiger partial charge >= 0.3 is 18.2 Å². The van der Waals surface area contributed by atoms with E-state index in [1.807, 2.05) is 41.5 Å². The number of esters is 1. The van der Waals surface area contributed by atoms with Gasteiger partial charge in [0.2, 0.25) is 5.91 Å². The number of rotatable bonds is 17. The number of carbonyl (C=O) groups excluding carboxylic acids is 6. The number of unbranched alkanes of at least 4 members (excludes halogenated alkanes) is 2. The Bertz CT molecular complexity index is 1320. The fourth-order valence-electron chi connectivity index (χ4n) is 5.63. The molecule has 0 spiro atoms. The Morgan fingerprint density at radius 3 is 1.53 bits per heavy atom. The second kappa shape index (κ2) is 19.2. The maximum Gasteiger partial charge on any atom is 0.410 e. The summed E-state index contributed by atoms with van der Waals surface area (Å²) in [5.74, 6) is -0.967. The van der Waals surface area contributed by atoms with Gasteiger partial charge in [0.1, 0.15) is 16.8 Å². The Labute approximate surface area is 306 Å². The van der Waals surface area contributed by atoms with Gasteiger partial charge in [-0.05, 0) is 114 Å². The zero-order valence-electron chi connectivity index (χ0n) is 33.6. The minimum absolute atomic E-state index is 0.0243. The normalized spacial score (nSPS) is 14.2. The largest absolute Gasteiger partial charge is 0.460 e. The van der Waals surface area contributed by atoms with Crippen molar-refractivity contribution in [3.05, 3.63) is 22.8 Å². The molecule has 12 nitrogen and oxygen atoms in total. The summed E-state index contributed by atoms with van der Waals surface area (Å²) in [4.78, 5) is 79.6. The molecule has 0 aliphatic heterocycles. The third-order valence-corrected chi connectivity index (χ3v) is 7.76. The Kier molecular flexibility index (Phi) is 17.1. The third kappa shape index (κ3) is 17.9. The van der Waals surface area contributed by atoms with Gasteiger partial charge in [0.25, 0.3) is 0 Å². The summed E-state index contributed by atoms with van der Waals surface area (Å²) in [5, 5.41) is 2.89. The van der Waals surface area contributed by atoms with Gasteiger partial charge in [-0.2, -0.15) is 0 Å². The molecule has 0 aromatic heterocycles.